The first-order valence-corrected chi connectivity index (χ1v) is 15.2. The number of hydrogen-bond acceptors (Lipinski definition) is 14. The fraction of sp³-hybridized carbons (Fsp3) is 1.00. The maximum Gasteiger partial charge on any atom is 0.0604 e. The highest BCUT2D eigenvalue weighted by atomic mass is 15.2. The number of nitrogens with two attached hydrogens (primary N) is 7. The van der Waals surface area contributed by atoms with Crippen LogP contribution in [0.2, 0.25) is 0 Å². The molecule has 0 aromatic carbocycles. The van der Waals surface area contributed by atoms with Crippen molar-refractivity contribution in [2.24, 2.45) is 40.4 Å². The molecule has 0 amide bonds. The summed E-state index contributed by atoms with van der Waals surface area (Å²) < 4.78 is 0. The zero-order valence-electron chi connectivity index (χ0n) is 26.5. The molecule has 14 nitrogen and oxygen atoms in total. The molecule has 0 aromatic heterocycles. The molecule has 0 atom stereocenters. The van der Waals surface area contributed by atoms with E-state index in [2.05, 4.69) is 61.1 Å². The Balaban J connectivity index is 0. The second-order valence-electron chi connectivity index (χ2n) is 11.0. The lowest BCUT2D eigenvalue weighted by molar-refractivity contribution is 0.174. The molecule has 17 N–H and O–H groups in total. The highest BCUT2D eigenvalue weighted by Crippen LogP contribution is 1.98. The molecule has 0 saturated carbocycles. The van der Waals surface area contributed by atoms with Gasteiger partial charge in [0.2, 0.25) is 0 Å². The summed E-state index contributed by atoms with van der Waals surface area (Å²) in [5, 5.41) is 10.5. The van der Waals surface area contributed by atoms with Crippen LogP contribution in [-0.2, 0) is 0 Å². The third-order valence-corrected chi connectivity index (χ3v) is 6.62. The molecule has 0 rings (SSSR count). The third-order valence-electron chi connectivity index (χ3n) is 6.62. The molecule has 0 aliphatic rings. The van der Waals surface area contributed by atoms with Crippen LogP contribution in [0, 0.1) is 0 Å². The number of rotatable bonds is 28. The zero-order valence-corrected chi connectivity index (χ0v) is 26.5. The van der Waals surface area contributed by atoms with Gasteiger partial charge in [-0.15, -0.1) is 0 Å². The van der Waals surface area contributed by atoms with E-state index in [9.17, 15) is 0 Å². The van der Waals surface area contributed by atoms with Crippen molar-refractivity contribution < 1.29 is 0 Å². The van der Waals surface area contributed by atoms with Crippen molar-refractivity contribution in [2.45, 2.75) is 39.4 Å². The van der Waals surface area contributed by atoms with Crippen molar-refractivity contribution in [3.05, 3.63) is 0 Å². The number of hydrogen-bond donors (Lipinski definition) is 10. The van der Waals surface area contributed by atoms with E-state index in [-0.39, 0.29) is 5.66 Å². The number of nitrogens with one attached hydrogen (secondary N) is 3. The highest BCUT2D eigenvalue weighted by molar-refractivity contribution is 4.73. The second-order valence-corrected chi connectivity index (χ2v) is 11.0. The first-order valence-electron chi connectivity index (χ1n) is 15.2. The lowest BCUT2D eigenvalue weighted by Crippen LogP contribution is -2.51. The summed E-state index contributed by atoms with van der Waals surface area (Å²) in [5.41, 5.74) is 28.8. The lowest BCUT2D eigenvalue weighted by atomic mass is 10.2. The molecule has 0 unspecified atom stereocenters. The fourth-order valence-corrected chi connectivity index (χ4v) is 4.32. The Labute approximate surface area is 246 Å². The predicted molar refractivity (Wildman–Crippen MR) is 173 cm³/mol. The summed E-state index contributed by atoms with van der Waals surface area (Å²) in [6, 6.07) is 0.515. The van der Waals surface area contributed by atoms with Crippen LogP contribution in [-0.4, -0.2) is 162 Å². The van der Waals surface area contributed by atoms with Crippen molar-refractivity contribution in [2.75, 3.05) is 131 Å². The van der Waals surface area contributed by atoms with E-state index >= 15 is 0 Å². The maximum atomic E-state index is 6.15. The van der Waals surface area contributed by atoms with Gasteiger partial charge in [-0.05, 0) is 27.7 Å². The molecule has 0 saturated heterocycles. The first-order chi connectivity index (χ1) is 19.2. The van der Waals surface area contributed by atoms with E-state index in [1.54, 1.807) is 0 Å². The number of nitrogens with zero attached hydrogens (tertiary/aromatic N) is 4. The van der Waals surface area contributed by atoms with Gasteiger partial charge in [0, 0.05) is 137 Å². The third kappa shape index (κ3) is 26.3. The molecule has 0 aliphatic heterocycles. The lowest BCUT2D eigenvalue weighted by Gasteiger charge is -2.31. The standard InChI is InChI=1S/C26H66N12.H4N2/c1-25(2)38(16-8-30)20-12-33-11-18-36(17-10-32-9-5-27)22-24-37(19-13-34-26(3,4)31)23-21-35(14-6-28)15-7-29;1-2/h25,32-34H,5-24,27-31H2,1-4H3;1-2H2. The Morgan fingerprint density at radius 3 is 1.35 bits per heavy atom. The van der Waals surface area contributed by atoms with Crippen LogP contribution < -0.4 is 56.3 Å². The summed E-state index contributed by atoms with van der Waals surface area (Å²) in [7, 11) is 0. The van der Waals surface area contributed by atoms with Crippen molar-refractivity contribution >= 4 is 0 Å². The summed E-state index contributed by atoms with van der Waals surface area (Å²) in [6.45, 7) is 26.4. The minimum Gasteiger partial charge on any atom is -0.329 e. The van der Waals surface area contributed by atoms with Gasteiger partial charge in [-0.25, -0.2) is 0 Å². The predicted octanol–water partition coefficient (Wildman–Crippen LogP) is -4.28. The van der Waals surface area contributed by atoms with Crippen LogP contribution in [0.4, 0.5) is 0 Å². The normalized spacial score (nSPS) is 12.3. The van der Waals surface area contributed by atoms with Gasteiger partial charge < -0.3 is 39.3 Å². The summed E-state index contributed by atoms with van der Waals surface area (Å²) >= 11 is 0. The second kappa shape index (κ2) is 28.6. The molecule has 0 heterocycles. The van der Waals surface area contributed by atoms with Gasteiger partial charge >= 0.3 is 0 Å². The minimum atomic E-state index is -0.377. The molecule has 0 bridgehead atoms. The van der Waals surface area contributed by atoms with Crippen molar-refractivity contribution in [3.8, 4) is 0 Å². The van der Waals surface area contributed by atoms with Crippen LogP contribution in [0.5, 0.6) is 0 Å². The van der Waals surface area contributed by atoms with Gasteiger partial charge in [0.25, 0.3) is 0 Å². The Bertz CT molecular complexity index is 500. The van der Waals surface area contributed by atoms with Gasteiger partial charge in [0.05, 0.1) is 5.66 Å². The molecule has 14 heteroatoms. The van der Waals surface area contributed by atoms with Gasteiger partial charge in [0.1, 0.15) is 0 Å². The Morgan fingerprint density at radius 2 is 0.925 bits per heavy atom. The average molecular weight is 579 g/mol. The molecule has 0 aromatic rings. The van der Waals surface area contributed by atoms with E-state index in [1.807, 2.05) is 13.8 Å². The fourth-order valence-electron chi connectivity index (χ4n) is 4.32. The quantitative estimate of drug-likeness (QED) is 0.0183. The van der Waals surface area contributed by atoms with E-state index in [1.165, 1.54) is 0 Å². The molecule has 0 radical (unpaired) electrons. The van der Waals surface area contributed by atoms with Gasteiger partial charge in [0.15, 0.2) is 0 Å². The van der Waals surface area contributed by atoms with Crippen molar-refractivity contribution in [1.82, 2.24) is 35.6 Å². The van der Waals surface area contributed by atoms with Gasteiger partial charge in [-0.3, -0.25) is 36.6 Å². The topological polar surface area (TPSA) is 231 Å². The van der Waals surface area contributed by atoms with E-state index in [0.29, 0.717) is 32.2 Å². The smallest absolute Gasteiger partial charge is 0.0604 e. The van der Waals surface area contributed by atoms with Crippen LogP contribution in [0.1, 0.15) is 27.7 Å². The summed E-state index contributed by atoms with van der Waals surface area (Å²) in [4.78, 5) is 9.85. The SMILES string of the molecule is CC(C)N(CCN)CCNCCN(CCNCCN)CCN(CCNC(C)(C)N)CCN(CCN)CCN.NN. The maximum absolute atomic E-state index is 6.15. The molecule has 0 fully saturated rings. The minimum absolute atomic E-state index is 0.377. The first kappa shape index (κ1) is 41.6. The van der Waals surface area contributed by atoms with Crippen LogP contribution in [0.15, 0.2) is 0 Å². The summed E-state index contributed by atoms with van der Waals surface area (Å²) in [6.07, 6.45) is 0. The van der Waals surface area contributed by atoms with Gasteiger partial charge in [-0.1, -0.05) is 0 Å². The van der Waals surface area contributed by atoms with Crippen LogP contribution in [0.25, 0.3) is 0 Å². The molecular formula is C26H70N14. The van der Waals surface area contributed by atoms with Crippen molar-refractivity contribution in [3.63, 3.8) is 0 Å². The van der Waals surface area contributed by atoms with E-state index < -0.39 is 0 Å². The molecule has 0 aliphatic carbocycles. The molecular weight excluding hydrogens is 508 g/mol. The molecule has 40 heavy (non-hydrogen) atoms. The Kier molecular flexibility index (Phi) is 29.7. The average Bonchev–Trinajstić information content (AvgIpc) is 2.91. The van der Waals surface area contributed by atoms with Gasteiger partial charge in [-0.2, -0.15) is 0 Å². The van der Waals surface area contributed by atoms with Crippen LogP contribution in [0.3, 0.4) is 0 Å². The Morgan fingerprint density at radius 1 is 0.525 bits per heavy atom. The highest BCUT2D eigenvalue weighted by Gasteiger charge is 2.14. The zero-order chi connectivity index (χ0) is 30.7. The molecule has 244 valence electrons. The van der Waals surface area contributed by atoms with E-state index in [0.717, 1.165) is 105 Å². The Hall–Kier alpha value is -0.560. The molecule has 0 spiro atoms. The number of hydrazine groups is 1. The summed E-state index contributed by atoms with van der Waals surface area (Å²) in [5.74, 6) is 8.00. The monoisotopic (exact) mass is 579 g/mol. The van der Waals surface area contributed by atoms with E-state index in [4.69, 9.17) is 28.7 Å². The van der Waals surface area contributed by atoms with Crippen LogP contribution >= 0.6 is 0 Å². The van der Waals surface area contributed by atoms with Crippen molar-refractivity contribution in [1.29, 1.82) is 0 Å². The largest absolute Gasteiger partial charge is 0.329 e.